The van der Waals surface area contributed by atoms with Gasteiger partial charge in [0, 0.05) is 0 Å². The average molecular weight is 159 g/mol. The first-order valence-corrected chi connectivity index (χ1v) is 2.91. The zero-order chi connectivity index (χ0) is 6.08. The number of hydrogen-bond acceptors (Lipinski definition) is 2. The van der Waals surface area contributed by atoms with Crippen LogP contribution in [0.3, 0.4) is 0 Å². The number of nitrogens with two attached hydrogens (primary N) is 1. The van der Waals surface area contributed by atoms with Crippen molar-refractivity contribution in [3.8, 4) is 0 Å². The number of primary amides is 1. The van der Waals surface area contributed by atoms with Crippen LogP contribution in [0.1, 0.15) is 0 Å². The van der Waals surface area contributed by atoms with Crippen molar-refractivity contribution in [1.29, 1.82) is 0 Å². The minimum atomic E-state index is -4.60. The standard InChI is InChI=1S/CH4NO4P.H3P/c2-1(3)7(4,5)6;/h(H2,2,3)(H2,4,5,6);1H3. The number of amides is 1. The van der Waals surface area contributed by atoms with Crippen molar-refractivity contribution < 1.29 is 19.1 Å². The van der Waals surface area contributed by atoms with Gasteiger partial charge in [-0.15, -0.1) is 0 Å². The molecule has 0 aromatic carbocycles. The Kier molecular flexibility index (Phi) is 4.31. The summed E-state index contributed by atoms with van der Waals surface area (Å²) in [4.78, 5) is 24.9. The molecule has 0 fully saturated rings. The van der Waals surface area contributed by atoms with Crippen molar-refractivity contribution in [3.63, 3.8) is 0 Å². The number of carbonyl (C=O) groups is 1. The van der Waals surface area contributed by atoms with Crippen molar-refractivity contribution in [1.82, 2.24) is 0 Å². The molecule has 7 heteroatoms. The van der Waals surface area contributed by atoms with Crippen molar-refractivity contribution in [2.24, 2.45) is 5.73 Å². The predicted molar refractivity (Wildman–Crippen MR) is 32.7 cm³/mol. The van der Waals surface area contributed by atoms with Gasteiger partial charge in [0.05, 0.1) is 0 Å². The van der Waals surface area contributed by atoms with E-state index in [0.717, 1.165) is 0 Å². The lowest BCUT2D eigenvalue weighted by Gasteiger charge is -1.91. The van der Waals surface area contributed by atoms with E-state index < -0.39 is 13.2 Å². The van der Waals surface area contributed by atoms with Gasteiger partial charge in [0.2, 0.25) is 0 Å². The Labute approximate surface area is 49.0 Å². The molecule has 1 amide bonds. The SMILES string of the molecule is NC(=O)P(=O)(O)O.P. The largest absolute Gasteiger partial charge is 0.412 e. The maximum Gasteiger partial charge on any atom is 0.412 e. The third kappa shape index (κ3) is 4.22. The second-order valence-corrected chi connectivity index (χ2v) is 2.41. The van der Waals surface area contributed by atoms with E-state index in [1.807, 2.05) is 0 Å². The zero-order valence-corrected chi connectivity index (χ0v) is 6.25. The minimum absolute atomic E-state index is 0. The highest BCUT2D eigenvalue weighted by Gasteiger charge is 2.20. The molecule has 0 bridgehead atoms. The van der Waals surface area contributed by atoms with Crippen LogP contribution in [0.5, 0.6) is 0 Å². The summed E-state index contributed by atoms with van der Waals surface area (Å²) in [6.07, 6.45) is 0. The van der Waals surface area contributed by atoms with E-state index in [0.29, 0.717) is 0 Å². The normalized spacial score (nSPS) is 9.75. The van der Waals surface area contributed by atoms with Crippen molar-refractivity contribution in [2.45, 2.75) is 0 Å². The number of hydrogen-bond donors (Lipinski definition) is 3. The quantitative estimate of drug-likeness (QED) is 0.440. The van der Waals surface area contributed by atoms with Gasteiger partial charge in [-0.2, -0.15) is 9.90 Å². The molecule has 0 radical (unpaired) electrons. The Balaban J connectivity index is 0. The van der Waals surface area contributed by atoms with E-state index in [1.54, 1.807) is 0 Å². The first-order valence-electron chi connectivity index (χ1n) is 1.30. The molecule has 0 aliphatic heterocycles. The molecule has 50 valence electrons. The van der Waals surface area contributed by atoms with Crippen LogP contribution in [0.2, 0.25) is 0 Å². The molecule has 0 saturated carbocycles. The lowest BCUT2D eigenvalue weighted by Crippen LogP contribution is -2.07. The van der Waals surface area contributed by atoms with Gasteiger partial charge in [-0.05, 0) is 0 Å². The van der Waals surface area contributed by atoms with Crippen LogP contribution in [-0.4, -0.2) is 15.4 Å². The summed E-state index contributed by atoms with van der Waals surface area (Å²) >= 11 is 0. The second kappa shape index (κ2) is 3.15. The predicted octanol–water partition coefficient (Wildman–Crippen LogP) is -0.699. The van der Waals surface area contributed by atoms with E-state index in [4.69, 9.17) is 9.79 Å². The first-order chi connectivity index (χ1) is 2.94. The summed E-state index contributed by atoms with van der Waals surface area (Å²) in [6, 6.07) is 0. The van der Waals surface area contributed by atoms with Crippen molar-refractivity contribution >= 4 is 23.1 Å². The molecule has 0 aromatic heterocycles. The molecular weight excluding hydrogens is 152 g/mol. The van der Waals surface area contributed by atoms with E-state index in [1.165, 1.54) is 0 Å². The van der Waals surface area contributed by atoms with Gasteiger partial charge in [0.25, 0.3) is 0 Å². The van der Waals surface area contributed by atoms with Crippen LogP contribution in [0.4, 0.5) is 4.79 Å². The van der Waals surface area contributed by atoms with Crippen molar-refractivity contribution in [2.75, 3.05) is 0 Å². The molecule has 0 aliphatic carbocycles. The van der Waals surface area contributed by atoms with Crippen LogP contribution in [0.25, 0.3) is 0 Å². The van der Waals surface area contributed by atoms with Gasteiger partial charge in [-0.3, -0.25) is 4.79 Å². The lowest BCUT2D eigenvalue weighted by molar-refractivity contribution is 0.255. The van der Waals surface area contributed by atoms with E-state index in [2.05, 4.69) is 5.73 Å². The Bertz CT molecular complexity index is 126. The summed E-state index contributed by atoms with van der Waals surface area (Å²) in [6.45, 7) is 0. The number of carbonyl (C=O) groups excluding carboxylic acids is 1. The summed E-state index contributed by atoms with van der Waals surface area (Å²) in [5.41, 5.74) is 2.58. The van der Waals surface area contributed by atoms with E-state index >= 15 is 0 Å². The lowest BCUT2D eigenvalue weighted by atomic mass is 11.5. The van der Waals surface area contributed by atoms with E-state index in [-0.39, 0.29) is 9.90 Å². The van der Waals surface area contributed by atoms with Gasteiger partial charge in [-0.1, -0.05) is 0 Å². The Hall–Kier alpha value is 0.0500. The zero-order valence-electron chi connectivity index (χ0n) is 3.94. The maximum absolute atomic E-state index is 9.55. The molecule has 0 heterocycles. The highest BCUT2D eigenvalue weighted by Crippen LogP contribution is 2.33. The highest BCUT2D eigenvalue weighted by molar-refractivity contribution is 7.69. The molecule has 0 saturated heterocycles. The fourth-order valence-corrected chi connectivity index (χ4v) is 0. The average Bonchev–Trinajstić information content (AvgIpc) is 1.31. The fourth-order valence-electron chi connectivity index (χ4n) is 0. The molecule has 0 spiro atoms. The molecule has 0 rings (SSSR count). The van der Waals surface area contributed by atoms with Gasteiger partial charge in [0.1, 0.15) is 0 Å². The minimum Gasteiger partial charge on any atom is -0.359 e. The molecule has 4 N–H and O–H groups in total. The smallest absolute Gasteiger partial charge is 0.359 e. The molecule has 8 heavy (non-hydrogen) atoms. The van der Waals surface area contributed by atoms with E-state index in [9.17, 15) is 9.36 Å². The molecule has 0 aromatic rings. The molecule has 0 aliphatic rings. The summed E-state index contributed by atoms with van der Waals surface area (Å²) in [5, 5.41) is 0. The topological polar surface area (TPSA) is 101 Å². The summed E-state index contributed by atoms with van der Waals surface area (Å²) in [7, 11) is -4.60. The van der Waals surface area contributed by atoms with Gasteiger partial charge in [-0.25, -0.2) is 4.57 Å². The first kappa shape index (κ1) is 10.9. The molecular formula is CH7NO4P2. The van der Waals surface area contributed by atoms with Gasteiger partial charge in [0.15, 0.2) is 0 Å². The highest BCUT2D eigenvalue weighted by atomic mass is 31.2. The third-order valence-electron chi connectivity index (χ3n) is 0.287. The van der Waals surface area contributed by atoms with Gasteiger partial charge >= 0.3 is 13.2 Å². The van der Waals surface area contributed by atoms with Gasteiger partial charge < -0.3 is 15.5 Å². The van der Waals surface area contributed by atoms with Crippen LogP contribution >= 0.6 is 17.5 Å². The Morgan fingerprint density at radius 3 is 1.62 bits per heavy atom. The molecule has 5 nitrogen and oxygen atoms in total. The fraction of sp³-hybridized carbons (Fsp3) is 0. The van der Waals surface area contributed by atoms with Crippen LogP contribution in [0.15, 0.2) is 0 Å². The number of rotatable bonds is 1. The van der Waals surface area contributed by atoms with Crippen LogP contribution < -0.4 is 5.73 Å². The summed E-state index contributed by atoms with van der Waals surface area (Å²) < 4.78 is 9.55. The Morgan fingerprint density at radius 2 is 1.62 bits per heavy atom. The second-order valence-electron chi connectivity index (χ2n) is 0.882. The van der Waals surface area contributed by atoms with Crippen LogP contribution in [-0.2, 0) is 4.57 Å². The third-order valence-corrected chi connectivity index (χ3v) is 0.861. The molecule has 1 unspecified atom stereocenters. The Morgan fingerprint density at radius 1 is 1.50 bits per heavy atom. The monoisotopic (exact) mass is 159 g/mol. The van der Waals surface area contributed by atoms with Crippen LogP contribution in [0, 0.1) is 0 Å². The molecule has 1 atom stereocenters. The maximum atomic E-state index is 9.55. The van der Waals surface area contributed by atoms with Crippen molar-refractivity contribution in [3.05, 3.63) is 0 Å². The summed E-state index contributed by atoms with van der Waals surface area (Å²) in [5.74, 6) is 0.